The van der Waals surface area contributed by atoms with Gasteiger partial charge in [-0.25, -0.2) is 0 Å². The first-order valence-electron chi connectivity index (χ1n) is 7.96. The topological polar surface area (TPSA) is 33.7 Å². The summed E-state index contributed by atoms with van der Waals surface area (Å²) < 4.78 is 10.6. The molecule has 116 valence electrons. The van der Waals surface area contributed by atoms with E-state index in [4.69, 9.17) is 9.47 Å². The summed E-state index contributed by atoms with van der Waals surface area (Å²) in [5, 5.41) is 3.59. The van der Waals surface area contributed by atoms with Crippen molar-refractivity contribution in [2.24, 2.45) is 5.92 Å². The molecule has 2 fully saturated rings. The summed E-state index contributed by atoms with van der Waals surface area (Å²) in [7, 11) is 3.35. The number of nitrogens with zero attached hydrogens (tertiary/aromatic N) is 1. The van der Waals surface area contributed by atoms with Crippen molar-refractivity contribution in [3.8, 4) is 11.5 Å². The molecular formula is C17H26N2O2. The van der Waals surface area contributed by atoms with Gasteiger partial charge >= 0.3 is 0 Å². The van der Waals surface area contributed by atoms with Crippen LogP contribution in [-0.4, -0.2) is 44.8 Å². The van der Waals surface area contributed by atoms with E-state index >= 15 is 0 Å². The van der Waals surface area contributed by atoms with E-state index in [1.807, 2.05) is 6.07 Å². The molecule has 4 nitrogen and oxygen atoms in total. The first-order chi connectivity index (χ1) is 10.3. The third kappa shape index (κ3) is 3.69. The second-order valence-electron chi connectivity index (χ2n) is 6.20. The zero-order valence-electron chi connectivity index (χ0n) is 13.1. The molecule has 1 heterocycles. The number of hydrogen-bond donors (Lipinski definition) is 1. The van der Waals surface area contributed by atoms with E-state index < -0.39 is 0 Å². The second kappa shape index (κ2) is 6.67. The van der Waals surface area contributed by atoms with Crippen molar-refractivity contribution < 1.29 is 9.47 Å². The molecular weight excluding hydrogens is 264 g/mol. The van der Waals surface area contributed by atoms with Gasteiger partial charge < -0.3 is 19.7 Å². The van der Waals surface area contributed by atoms with Crippen molar-refractivity contribution in [1.82, 2.24) is 10.2 Å². The van der Waals surface area contributed by atoms with Crippen LogP contribution in [0.1, 0.15) is 24.8 Å². The first-order valence-corrected chi connectivity index (χ1v) is 7.96. The van der Waals surface area contributed by atoms with E-state index in [-0.39, 0.29) is 0 Å². The molecule has 4 heteroatoms. The Morgan fingerprint density at radius 2 is 1.95 bits per heavy atom. The molecule has 0 bridgehead atoms. The molecule has 1 saturated carbocycles. The van der Waals surface area contributed by atoms with Crippen LogP contribution in [0.3, 0.4) is 0 Å². The van der Waals surface area contributed by atoms with Crippen molar-refractivity contribution in [2.45, 2.75) is 31.8 Å². The van der Waals surface area contributed by atoms with Crippen LogP contribution in [0, 0.1) is 5.92 Å². The molecule has 0 spiro atoms. The Kier molecular flexibility index (Phi) is 4.66. The van der Waals surface area contributed by atoms with Crippen LogP contribution in [-0.2, 0) is 6.54 Å². The maximum absolute atomic E-state index is 5.34. The lowest BCUT2D eigenvalue weighted by Gasteiger charge is -2.15. The molecule has 0 aromatic heterocycles. The molecule has 1 N–H and O–H groups in total. The number of likely N-dealkylation sites (tertiary alicyclic amines) is 1. The average Bonchev–Trinajstić information content (AvgIpc) is 3.27. The minimum Gasteiger partial charge on any atom is -0.493 e. The molecule has 1 aromatic rings. The highest BCUT2D eigenvalue weighted by Crippen LogP contribution is 2.31. The fraction of sp³-hybridized carbons (Fsp3) is 0.647. The summed E-state index contributed by atoms with van der Waals surface area (Å²) in [6.07, 6.45) is 4.19. The SMILES string of the molecule is COc1ccc(CNC[C@H]2CCN(C3CC3)C2)cc1OC. The van der Waals surface area contributed by atoms with Crippen LogP contribution in [0.2, 0.25) is 0 Å². The standard InChI is InChI=1S/C17H26N2O2/c1-20-16-6-3-13(9-17(16)21-2)10-18-11-14-7-8-19(12-14)15-4-5-15/h3,6,9,14-15,18H,4-5,7-8,10-12H2,1-2H3/t14-/m1/s1. The number of ether oxygens (including phenoxy) is 2. The van der Waals surface area contributed by atoms with E-state index in [1.54, 1.807) is 14.2 Å². The van der Waals surface area contributed by atoms with Crippen LogP contribution < -0.4 is 14.8 Å². The quantitative estimate of drug-likeness (QED) is 0.835. The van der Waals surface area contributed by atoms with Gasteiger partial charge in [0.05, 0.1) is 14.2 Å². The minimum absolute atomic E-state index is 0.789. The monoisotopic (exact) mass is 290 g/mol. The maximum Gasteiger partial charge on any atom is 0.161 e. The molecule has 1 atom stereocenters. The van der Waals surface area contributed by atoms with E-state index in [0.717, 1.165) is 36.5 Å². The van der Waals surface area contributed by atoms with Crippen LogP contribution in [0.15, 0.2) is 18.2 Å². The number of methoxy groups -OCH3 is 2. The fourth-order valence-electron chi connectivity index (χ4n) is 3.21. The second-order valence-corrected chi connectivity index (χ2v) is 6.20. The maximum atomic E-state index is 5.34. The van der Waals surface area contributed by atoms with Gasteiger partial charge in [-0.2, -0.15) is 0 Å². The first kappa shape index (κ1) is 14.7. The lowest BCUT2D eigenvalue weighted by atomic mass is 10.1. The van der Waals surface area contributed by atoms with Gasteiger partial charge in [0.2, 0.25) is 0 Å². The Bertz CT molecular complexity index is 474. The summed E-state index contributed by atoms with van der Waals surface area (Å²) in [6, 6.07) is 7.04. The van der Waals surface area contributed by atoms with Crippen molar-refractivity contribution >= 4 is 0 Å². The molecule has 21 heavy (non-hydrogen) atoms. The normalized spacial score (nSPS) is 22.5. The van der Waals surface area contributed by atoms with Crippen molar-refractivity contribution in [1.29, 1.82) is 0 Å². The highest BCUT2D eigenvalue weighted by atomic mass is 16.5. The predicted octanol–water partition coefficient (Wildman–Crippen LogP) is 2.28. The summed E-state index contributed by atoms with van der Waals surface area (Å²) >= 11 is 0. The van der Waals surface area contributed by atoms with E-state index in [1.165, 1.54) is 37.9 Å². The molecule has 2 aliphatic rings. The zero-order chi connectivity index (χ0) is 14.7. The van der Waals surface area contributed by atoms with Crippen LogP contribution >= 0.6 is 0 Å². The molecule has 3 rings (SSSR count). The van der Waals surface area contributed by atoms with Crippen LogP contribution in [0.4, 0.5) is 0 Å². The summed E-state index contributed by atoms with van der Waals surface area (Å²) in [4.78, 5) is 2.67. The molecule has 0 amide bonds. The largest absolute Gasteiger partial charge is 0.493 e. The van der Waals surface area contributed by atoms with Gasteiger partial charge in [-0.3, -0.25) is 0 Å². The van der Waals surface area contributed by atoms with Gasteiger partial charge in [0, 0.05) is 19.1 Å². The van der Waals surface area contributed by atoms with Gasteiger partial charge in [0.15, 0.2) is 11.5 Å². The van der Waals surface area contributed by atoms with Crippen LogP contribution in [0.25, 0.3) is 0 Å². The molecule has 1 aromatic carbocycles. The lowest BCUT2D eigenvalue weighted by molar-refractivity contribution is 0.312. The molecule has 1 aliphatic carbocycles. The predicted molar refractivity (Wildman–Crippen MR) is 84.0 cm³/mol. The highest BCUT2D eigenvalue weighted by molar-refractivity contribution is 5.42. The van der Waals surface area contributed by atoms with Crippen molar-refractivity contribution in [3.63, 3.8) is 0 Å². The smallest absolute Gasteiger partial charge is 0.161 e. The third-order valence-electron chi connectivity index (χ3n) is 4.59. The van der Waals surface area contributed by atoms with Crippen molar-refractivity contribution in [2.75, 3.05) is 33.9 Å². The number of rotatable bonds is 7. The van der Waals surface area contributed by atoms with Gasteiger partial charge in [-0.1, -0.05) is 6.07 Å². The van der Waals surface area contributed by atoms with Gasteiger partial charge in [-0.05, 0) is 56.0 Å². The highest BCUT2D eigenvalue weighted by Gasteiger charge is 2.33. The summed E-state index contributed by atoms with van der Waals surface area (Å²) in [6.45, 7) is 4.58. The zero-order valence-corrected chi connectivity index (χ0v) is 13.1. The summed E-state index contributed by atoms with van der Waals surface area (Å²) in [5.41, 5.74) is 1.24. The minimum atomic E-state index is 0.789. The van der Waals surface area contributed by atoms with Crippen LogP contribution in [0.5, 0.6) is 11.5 Å². The van der Waals surface area contributed by atoms with Gasteiger partial charge in [-0.15, -0.1) is 0 Å². The summed E-state index contributed by atoms with van der Waals surface area (Å²) in [5.74, 6) is 2.40. The molecule has 1 aliphatic heterocycles. The lowest BCUT2D eigenvalue weighted by Crippen LogP contribution is -2.27. The van der Waals surface area contributed by atoms with Gasteiger partial charge in [0.25, 0.3) is 0 Å². The van der Waals surface area contributed by atoms with Gasteiger partial charge in [0.1, 0.15) is 0 Å². The Labute approximate surface area is 127 Å². The Hall–Kier alpha value is -1.26. The average molecular weight is 290 g/mol. The Balaban J connectivity index is 1.44. The van der Waals surface area contributed by atoms with E-state index in [0.29, 0.717) is 0 Å². The third-order valence-corrected chi connectivity index (χ3v) is 4.59. The number of benzene rings is 1. The van der Waals surface area contributed by atoms with E-state index in [2.05, 4.69) is 22.3 Å². The molecule has 1 saturated heterocycles. The Morgan fingerprint density at radius 1 is 1.14 bits per heavy atom. The fourth-order valence-corrected chi connectivity index (χ4v) is 3.21. The number of hydrogen-bond acceptors (Lipinski definition) is 4. The van der Waals surface area contributed by atoms with E-state index in [9.17, 15) is 0 Å². The molecule has 0 radical (unpaired) electrons. The Morgan fingerprint density at radius 3 is 2.67 bits per heavy atom. The van der Waals surface area contributed by atoms with Crippen molar-refractivity contribution in [3.05, 3.63) is 23.8 Å². The number of nitrogens with one attached hydrogen (secondary N) is 1. The molecule has 0 unspecified atom stereocenters.